The van der Waals surface area contributed by atoms with Crippen LogP contribution in [-0.2, 0) is 0 Å². The van der Waals surface area contributed by atoms with Crippen LogP contribution in [0.15, 0.2) is 30.5 Å². The molecule has 0 unspecified atom stereocenters. The van der Waals surface area contributed by atoms with E-state index >= 15 is 0 Å². The van der Waals surface area contributed by atoms with E-state index in [9.17, 15) is 4.39 Å². The van der Waals surface area contributed by atoms with E-state index in [4.69, 9.17) is 9.84 Å². The van der Waals surface area contributed by atoms with Crippen LogP contribution in [0.2, 0.25) is 0 Å². The van der Waals surface area contributed by atoms with Gasteiger partial charge in [-0.3, -0.25) is 0 Å². The highest BCUT2D eigenvalue weighted by Crippen LogP contribution is 2.23. The van der Waals surface area contributed by atoms with E-state index < -0.39 is 5.82 Å². The summed E-state index contributed by atoms with van der Waals surface area (Å²) in [6.45, 7) is 7.21. The second-order valence-corrected chi connectivity index (χ2v) is 3.70. The predicted molar refractivity (Wildman–Crippen MR) is 57.8 cm³/mol. The molecule has 0 fully saturated rings. The van der Waals surface area contributed by atoms with Gasteiger partial charge < -0.3 is 9.84 Å². The van der Waals surface area contributed by atoms with Gasteiger partial charge in [0.05, 0.1) is 0 Å². The molecule has 15 heavy (non-hydrogen) atoms. The van der Waals surface area contributed by atoms with Gasteiger partial charge in [-0.05, 0) is 23.6 Å². The maximum atomic E-state index is 13.2. The zero-order valence-corrected chi connectivity index (χ0v) is 8.96. The number of rotatable bonds is 4. The van der Waals surface area contributed by atoms with Crippen LogP contribution in [0, 0.1) is 5.82 Å². The quantitative estimate of drug-likeness (QED) is 0.772. The van der Waals surface area contributed by atoms with Crippen molar-refractivity contribution < 1.29 is 14.2 Å². The molecule has 0 spiro atoms. The summed E-state index contributed by atoms with van der Waals surface area (Å²) in [6.07, 6.45) is 0. The van der Waals surface area contributed by atoms with Gasteiger partial charge in [-0.15, -0.1) is 0 Å². The molecule has 0 amide bonds. The van der Waals surface area contributed by atoms with Crippen molar-refractivity contribution in [2.45, 2.75) is 19.8 Å². The fraction of sp³-hybridized carbons (Fsp3) is 0.333. The van der Waals surface area contributed by atoms with Crippen molar-refractivity contribution in [3.63, 3.8) is 0 Å². The van der Waals surface area contributed by atoms with Crippen molar-refractivity contribution in [3.05, 3.63) is 41.9 Å². The van der Waals surface area contributed by atoms with Crippen LogP contribution >= 0.6 is 0 Å². The molecule has 0 aromatic heterocycles. The van der Waals surface area contributed by atoms with Gasteiger partial charge in [0.25, 0.3) is 0 Å². The minimum atomic E-state index is -0.430. The van der Waals surface area contributed by atoms with E-state index in [0.29, 0.717) is 5.92 Å². The average molecular weight is 210 g/mol. The van der Waals surface area contributed by atoms with Gasteiger partial charge in [-0.1, -0.05) is 26.5 Å². The average Bonchev–Trinajstić information content (AvgIpc) is 2.16. The number of benzene rings is 1. The molecule has 1 aromatic carbocycles. The van der Waals surface area contributed by atoms with Crippen molar-refractivity contribution in [1.29, 1.82) is 0 Å². The van der Waals surface area contributed by atoms with Crippen molar-refractivity contribution in [2.75, 3.05) is 6.61 Å². The molecule has 82 valence electrons. The Morgan fingerprint density at radius 2 is 2.20 bits per heavy atom. The highest BCUT2D eigenvalue weighted by molar-refractivity contribution is 5.32. The SMILES string of the molecule is C=C(O)COc1cc(C(C)C)ccc1F. The summed E-state index contributed by atoms with van der Waals surface area (Å²) in [6, 6.07) is 4.73. The minimum absolute atomic E-state index is 0.0849. The van der Waals surface area contributed by atoms with Crippen LogP contribution in [-0.4, -0.2) is 11.7 Å². The Hall–Kier alpha value is -1.51. The van der Waals surface area contributed by atoms with Crippen molar-refractivity contribution in [3.8, 4) is 5.75 Å². The third-order valence-electron chi connectivity index (χ3n) is 2.02. The zero-order valence-electron chi connectivity index (χ0n) is 8.96. The number of aliphatic hydroxyl groups excluding tert-OH is 1. The summed E-state index contributed by atoms with van der Waals surface area (Å²) in [5.74, 6) is -0.0910. The van der Waals surface area contributed by atoms with Crippen LogP contribution in [0.5, 0.6) is 5.75 Å². The van der Waals surface area contributed by atoms with Crippen LogP contribution in [0.1, 0.15) is 25.3 Å². The Labute approximate surface area is 89.0 Å². The third kappa shape index (κ3) is 3.27. The lowest BCUT2D eigenvalue weighted by Gasteiger charge is -2.10. The standard InChI is InChI=1S/C12H15FO2/c1-8(2)10-4-5-11(13)12(6-10)15-7-9(3)14/h4-6,8,14H,3,7H2,1-2H3. The van der Waals surface area contributed by atoms with Crippen LogP contribution in [0.25, 0.3) is 0 Å². The van der Waals surface area contributed by atoms with Gasteiger partial charge in [-0.2, -0.15) is 0 Å². The first-order valence-electron chi connectivity index (χ1n) is 4.79. The summed E-state index contributed by atoms with van der Waals surface area (Å²) in [7, 11) is 0. The summed E-state index contributed by atoms with van der Waals surface area (Å²) in [5, 5.41) is 8.84. The summed E-state index contributed by atoms with van der Waals surface area (Å²) in [4.78, 5) is 0. The Morgan fingerprint density at radius 1 is 1.53 bits per heavy atom. The van der Waals surface area contributed by atoms with Crippen molar-refractivity contribution >= 4 is 0 Å². The predicted octanol–water partition coefficient (Wildman–Crippen LogP) is 3.40. The Balaban J connectivity index is 2.85. The van der Waals surface area contributed by atoms with Crippen LogP contribution < -0.4 is 4.74 Å². The van der Waals surface area contributed by atoms with Gasteiger partial charge in [0.1, 0.15) is 12.4 Å². The first-order chi connectivity index (χ1) is 7.00. The molecule has 0 atom stereocenters. The molecule has 0 aliphatic heterocycles. The molecule has 0 aliphatic rings. The molecule has 0 heterocycles. The van der Waals surface area contributed by atoms with Gasteiger partial charge in [-0.25, -0.2) is 4.39 Å². The first kappa shape index (κ1) is 11.6. The van der Waals surface area contributed by atoms with Gasteiger partial charge in [0, 0.05) is 0 Å². The van der Waals surface area contributed by atoms with Crippen LogP contribution in [0.4, 0.5) is 4.39 Å². The monoisotopic (exact) mass is 210 g/mol. The van der Waals surface area contributed by atoms with E-state index in [1.165, 1.54) is 6.07 Å². The highest BCUT2D eigenvalue weighted by atomic mass is 19.1. The lowest BCUT2D eigenvalue weighted by Crippen LogP contribution is -2.02. The van der Waals surface area contributed by atoms with E-state index in [1.807, 2.05) is 13.8 Å². The molecule has 3 heteroatoms. The zero-order chi connectivity index (χ0) is 11.4. The second-order valence-electron chi connectivity index (χ2n) is 3.70. The lowest BCUT2D eigenvalue weighted by molar-refractivity contribution is 0.263. The summed E-state index contributed by atoms with van der Waals surface area (Å²) >= 11 is 0. The highest BCUT2D eigenvalue weighted by Gasteiger charge is 2.07. The van der Waals surface area contributed by atoms with Gasteiger partial charge >= 0.3 is 0 Å². The van der Waals surface area contributed by atoms with E-state index in [0.717, 1.165) is 5.56 Å². The molecule has 0 saturated heterocycles. The number of aliphatic hydroxyl groups is 1. The molecule has 1 aromatic rings. The normalized spacial score (nSPS) is 10.4. The van der Waals surface area contributed by atoms with E-state index in [2.05, 4.69) is 6.58 Å². The second kappa shape index (κ2) is 4.82. The maximum Gasteiger partial charge on any atom is 0.165 e. The van der Waals surface area contributed by atoms with E-state index in [1.54, 1.807) is 12.1 Å². The molecular weight excluding hydrogens is 195 g/mol. The molecule has 1 rings (SSSR count). The molecule has 1 N–H and O–H groups in total. The van der Waals surface area contributed by atoms with Crippen LogP contribution in [0.3, 0.4) is 0 Å². The Bertz CT molecular complexity index is 359. The molecule has 0 radical (unpaired) electrons. The third-order valence-corrected chi connectivity index (χ3v) is 2.02. The molecule has 0 saturated carbocycles. The minimum Gasteiger partial charge on any atom is -0.509 e. The summed E-state index contributed by atoms with van der Waals surface area (Å²) < 4.78 is 18.3. The fourth-order valence-electron chi connectivity index (χ4n) is 1.15. The number of ether oxygens (including phenoxy) is 1. The smallest absolute Gasteiger partial charge is 0.165 e. The summed E-state index contributed by atoms with van der Waals surface area (Å²) in [5.41, 5.74) is 0.995. The van der Waals surface area contributed by atoms with Crippen molar-refractivity contribution in [1.82, 2.24) is 0 Å². The van der Waals surface area contributed by atoms with Gasteiger partial charge in [0.2, 0.25) is 0 Å². The number of hydrogen-bond donors (Lipinski definition) is 1. The van der Waals surface area contributed by atoms with Crippen molar-refractivity contribution in [2.24, 2.45) is 0 Å². The Morgan fingerprint density at radius 3 is 2.73 bits per heavy atom. The maximum absolute atomic E-state index is 13.2. The topological polar surface area (TPSA) is 29.5 Å². The molecule has 0 bridgehead atoms. The molecular formula is C12H15FO2. The molecule has 2 nitrogen and oxygen atoms in total. The molecule has 0 aliphatic carbocycles. The van der Waals surface area contributed by atoms with Gasteiger partial charge in [0.15, 0.2) is 11.6 Å². The number of hydrogen-bond acceptors (Lipinski definition) is 2. The van der Waals surface area contributed by atoms with E-state index in [-0.39, 0.29) is 18.1 Å². The Kier molecular flexibility index (Phi) is 3.72. The largest absolute Gasteiger partial charge is 0.509 e. The lowest BCUT2D eigenvalue weighted by atomic mass is 10.0. The fourth-order valence-corrected chi connectivity index (χ4v) is 1.15. The first-order valence-corrected chi connectivity index (χ1v) is 4.79. The number of halogens is 1.